The van der Waals surface area contributed by atoms with Gasteiger partial charge in [-0.15, -0.1) is 0 Å². The molecule has 2 aliphatic rings. The van der Waals surface area contributed by atoms with Gasteiger partial charge in [-0.25, -0.2) is 4.98 Å². The average molecular weight is 437 g/mol. The first kappa shape index (κ1) is 22.0. The molecule has 2 heterocycles. The molecule has 4 rings (SSSR count). The number of halogens is 3. The minimum Gasteiger partial charge on any atom is -0.358 e. The lowest BCUT2D eigenvalue weighted by atomic mass is 9.90. The Balaban J connectivity index is 1.40. The number of pyridine rings is 1. The van der Waals surface area contributed by atoms with Crippen LogP contribution in [0.3, 0.4) is 0 Å². The highest BCUT2D eigenvalue weighted by molar-refractivity contribution is 5.84. The van der Waals surface area contributed by atoms with Crippen LogP contribution in [0.25, 0.3) is 5.65 Å². The molecule has 5 nitrogen and oxygen atoms in total. The van der Waals surface area contributed by atoms with Crippen LogP contribution in [0, 0.1) is 16.7 Å². The maximum Gasteiger partial charge on any atom is 0.434 e. The van der Waals surface area contributed by atoms with E-state index in [1.54, 1.807) is 12.1 Å². The van der Waals surface area contributed by atoms with E-state index in [9.17, 15) is 18.0 Å². The third-order valence-electron chi connectivity index (χ3n) is 8.00. The number of fused-ring (bicyclic) bond motifs is 1. The topological polar surface area (TPSA) is 49.6 Å². The van der Waals surface area contributed by atoms with E-state index in [1.807, 2.05) is 18.0 Å². The number of anilines is 1. The number of carbonyl (C=O) groups excluding carboxylic acids is 1. The molecular weight excluding hydrogens is 405 g/mol. The van der Waals surface area contributed by atoms with E-state index in [0.717, 1.165) is 31.9 Å². The molecule has 0 bridgehead atoms. The summed E-state index contributed by atoms with van der Waals surface area (Å²) >= 11 is 0. The minimum atomic E-state index is -4.47. The number of imidazole rings is 1. The lowest BCUT2D eigenvalue weighted by Crippen LogP contribution is -2.44. The Labute approximate surface area is 181 Å². The lowest BCUT2D eigenvalue weighted by Gasteiger charge is -2.36. The van der Waals surface area contributed by atoms with Gasteiger partial charge in [0.2, 0.25) is 5.91 Å². The second kappa shape index (κ2) is 7.14. The number of alkyl halides is 3. The van der Waals surface area contributed by atoms with Crippen LogP contribution in [0.2, 0.25) is 0 Å². The monoisotopic (exact) mass is 436 g/mol. The third-order valence-corrected chi connectivity index (χ3v) is 8.00. The number of aromatic nitrogens is 2. The summed E-state index contributed by atoms with van der Waals surface area (Å²) in [4.78, 5) is 18.5. The lowest BCUT2D eigenvalue weighted by molar-refractivity contribution is -0.140. The zero-order valence-electron chi connectivity index (χ0n) is 18.8. The Bertz CT molecular complexity index is 972. The highest BCUT2D eigenvalue weighted by atomic mass is 19.4. The molecule has 2 aliphatic carbocycles. The molecule has 2 saturated carbocycles. The largest absolute Gasteiger partial charge is 0.434 e. The minimum absolute atomic E-state index is 0.0211. The summed E-state index contributed by atoms with van der Waals surface area (Å²) in [6.45, 7) is 8.57. The van der Waals surface area contributed by atoms with E-state index >= 15 is 0 Å². The fourth-order valence-corrected chi connectivity index (χ4v) is 5.35. The maximum atomic E-state index is 13.1. The summed E-state index contributed by atoms with van der Waals surface area (Å²) < 4.78 is 40.8. The van der Waals surface area contributed by atoms with E-state index in [2.05, 4.69) is 38.0 Å². The summed E-state index contributed by atoms with van der Waals surface area (Å²) in [5.41, 5.74) is -0.557. The second-order valence-electron chi connectivity index (χ2n) is 10.2. The standard InChI is InChI=1S/C23H31F3N4O/c1-21(2)19(22(21,3)4)20(31)27-14-9-11-15(12-10-14)29(5)18-8-6-7-17-28-16(13-30(17)18)23(24,25)26/h6-8,13-15,19H,9-12H2,1-5H3,(H,27,31)/t14-,15+. The van der Waals surface area contributed by atoms with Gasteiger partial charge in [0.1, 0.15) is 11.5 Å². The van der Waals surface area contributed by atoms with Crippen LogP contribution >= 0.6 is 0 Å². The predicted molar refractivity (Wildman–Crippen MR) is 114 cm³/mol. The molecule has 2 fully saturated rings. The number of carbonyl (C=O) groups is 1. The molecule has 0 radical (unpaired) electrons. The van der Waals surface area contributed by atoms with Gasteiger partial charge >= 0.3 is 6.18 Å². The van der Waals surface area contributed by atoms with Gasteiger partial charge in [0.15, 0.2) is 5.69 Å². The number of nitrogens with zero attached hydrogens (tertiary/aromatic N) is 3. The number of amides is 1. The molecule has 0 spiro atoms. The fourth-order valence-electron chi connectivity index (χ4n) is 5.35. The Kier molecular flexibility index (Phi) is 5.06. The first-order valence-electron chi connectivity index (χ1n) is 10.9. The summed E-state index contributed by atoms with van der Waals surface area (Å²) in [6.07, 6.45) is 0.0608. The molecule has 0 atom stereocenters. The van der Waals surface area contributed by atoms with Gasteiger partial charge in [-0.05, 0) is 48.6 Å². The van der Waals surface area contributed by atoms with E-state index < -0.39 is 11.9 Å². The maximum absolute atomic E-state index is 13.1. The van der Waals surface area contributed by atoms with Crippen LogP contribution < -0.4 is 10.2 Å². The van der Waals surface area contributed by atoms with Crippen molar-refractivity contribution in [1.29, 1.82) is 0 Å². The van der Waals surface area contributed by atoms with Crippen LogP contribution in [-0.2, 0) is 11.0 Å². The predicted octanol–water partition coefficient (Wildman–Crippen LogP) is 4.90. The van der Waals surface area contributed by atoms with Gasteiger partial charge in [-0.3, -0.25) is 9.20 Å². The average Bonchev–Trinajstić information content (AvgIpc) is 2.99. The van der Waals surface area contributed by atoms with Crippen LogP contribution in [-0.4, -0.2) is 34.4 Å². The number of nitrogens with one attached hydrogen (secondary N) is 1. The Hall–Kier alpha value is -2.25. The van der Waals surface area contributed by atoms with Gasteiger partial charge < -0.3 is 10.2 Å². The SMILES string of the molecule is CN(c1cccc2nc(C(F)(F)F)cn12)[C@H]1CC[C@@H](NC(=O)C2C(C)(C)C2(C)C)CC1. The zero-order chi connectivity index (χ0) is 22.8. The van der Waals surface area contributed by atoms with Gasteiger partial charge in [0.25, 0.3) is 0 Å². The first-order chi connectivity index (χ1) is 14.3. The molecule has 0 aromatic carbocycles. The van der Waals surface area contributed by atoms with Gasteiger partial charge in [0, 0.05) is 31.2 Å². The third kappa shape index (κ3) is 3.68. The molecule has 2 aromatic heterocycles. The summed E-state index contributed by atoms with van der Waals surface area (Å²) in [5, 5.41) is 3.24. The van der Waals surface area contributed by atoms with Crippen LogP contribution in [0.15, 0.2) is 24.4 Å². The number of rotatable bonds is 4. The van der Waals surface area contributed by atoms with Crippen molar-refractivity contribution >= 4 is 17.4 Å². The van der Waals surface area contributed by atoms with Crippen molar-refractivity contribution < 1.29 is 18.0 Å². The van der Waals surface area contributed by atoms with Crippen molar-refractivity contribution in [3.63, 3.8) is 0 Å². The van der Waals surface area contributed by atoms with Crippen LogP contribution in [0.5, 0.6) is 0 Å². The van der Waals surface area contributed by atoms with Crippen molar-refractivity contribution in [2.75, 3.05) is 11.9 Å². The van der Waals surface area contributed by atoms with E-state index in [1.165, 1.54) is 4.40 Å². The summed E-state index contributed by atoms with van der Waals surface area (Å²) in [6, 6.07) is 5.49. The van der Waals surface area contributed by atoms with Crippen molar-refractivity contribution in [1.82, 2.24) is 14.7 Å². The zero-order valence-corrected chi connectivity index (χ0v) is 18.8. The van der Waals surface area contributed by atoms with Crippen molar-refractivity contribution in [2.45, 2.75) is 71.6 Å². The summed E-state index contributed by atoms with van der Waals surface area (Å²) in [5.74, 6) is 0.881. The molecule has 170 valence electrons. The molecule has 0 unspecified atom stereocenters. The molecule has 0 aliphatic heterocycles. The molecular formula is C23H31F3N4O. The van der Waals surface area contributed by atoms with Crippen molar-refractivity contribution in [2.24, 2.45) is 16.7 Å². The normalized spacial score (nSPS) is 25.4. The molecule has 2 aromatic rings. The molecule has 1 amide bonds. The Morgan fingerprint density at radius 3 is 2.29 bits per heavy atom. The van der Waals surface area contributed by atoms with Gasteiger partial charge in [-0.2, -0.15) is 13.2 Å². The van der Waals surface area contributed by atoms with Crippen molar-refractivity contribution in [3.05, 3.63) is 30.1 Å². The quantitative estimate of drug-likeness (QED) is 0.742. The smallest absolute Gasteiger partial charge is 0.358 e. The van der Waals surface area contributed by atoms with Crippen LogP contribution in [0.4, 0.5) is 19.0 Å². The van der Waals surface area contributed by atoms with E-state index in [0.29, 0.717) is 5.82 Å². The van der Waals surface area contributed by atoms with Gasteiger partial charge in [-0.1, -0.05) is 33.8 Å². The molecule has 8 heteroatoms. The highest BCUT2D eigenvalue weighted by Crippen LogP contribution is 2.68. The summed E-state index contributed by atoms with van der Waals surface area (Å²) in [7, 11) is 1.92. The second-order valence-corrected chi connectivity index (χ2v) is 10.2. The van der Waals surface area contributed by atoms with Crippen LogP contribution in [0.1, 0.15) is 59.1 Å². The van der Waals surface area contributed by atoms with E-state index in [4.69, 9.17) is 0 Å². The highest BCUT2D eigenvalue weighted by Gasteiger charge is 2.68. The molecule has 1 N–H and O–H groups in total. The fraction of sp³-hybridized carbons (Fsp3) is 0.652. The van der Waals surface area contributed by atoms with Crippen molar-refractivity contribution in [3.8, 4) is 0 Å². The molecule has 31 heavy (non-hydrogen) atoms. The van der Waals surface area contributed by atoms with E-state index in [-0.39, 0.29) is 40.4 Å². The molecule has 0 saturated heterocycles. The number of hydrogen-bond acceptors (Lipinski definition) is 3. The number of hydrogen-bond donors (Lipinski definition) is 1. The van der Waals surface area contributed by atoms with Gasteiger partial charge in [0.05, 0.1) is 0 Å². The Morgan fingerprint density at radius 1 is 1.13 bits per heavy atom. The Morgan fingerprint density at radius 2 is 1.74 bits per heavy atom. The first-order valence-corrected chi connectivity index (χ1v) is 10.9.